The van der Waals surface area contributed by atoms with Gasteiger partial charge >= 0.3 is 0 Å². The van der Waals surface area contributed by atoms with Gasteiger partial charge in [-0.25, -0.2) is 5.01 Å². The number of hydrogen-bond acceptors (Lipinski definition) is 5. The molecule has 1 aliphatic rings. The molecular formula is C25H15Br4ClN2O5. The number of benzene rings is 3. The quantitative estimate of drug-likeness (QED) is 0.113. The third-order valence-electron chi connectivity index (χ3n) is 5.73. The first-order valence-corrected chi connectivity index (χ1v) is 14.1. The molecule has 0 unspecified atom stereocenters. The van der Waals surface area contributed by atoms with Crippen LogP contribution in [-0.4, -0.2) is 46.7 Å². The summed E-state index contributed by atoms with van der Waals surface area (Å²) in [5.74, 6) is -2.31. The Bertz CT molecular complexity index is 1430. The Morgan fingerprint density at radius 2 is 1.38 bits per heavy atom. The van der Waals surface area contributed by atoms with Gasteiger partial charge in [-0.05, 0) is 107 Å². The van der Waals surface area contributed by atoms with Gasteiger partial charge in [0.15, 0.2) is 5.78 Å². The van der Waals surface area contributed by atoms with Gasteiger partial charge in [-0.3, -0.25) is 19.2 Å². The van der Waals surface area contributed by atoms with Crippen molar-refractivity contribution in [3.05, 3.63) is 93.7 Å². The summed E-state index contributed by atoms with van der Waals surface area (Å²) in [5.41, 5.74) is 0.353. The van der Waals surface area contributed by atoms with Gasteiger partial charge in [-0.15, -0.1) is 0 Å². The van der Waals surface area contributed by atoms with Gasteiger partial charge in [0, 0.05) is 23.5 Å². The molecular weight excluding hydrogens is 763 g/mol. The van der Waals surface area contributed by atoms with Crippen LogP contribution in [0.4, 0.5) is 0 Å². The summed E-state index contributed by atoms with van der Waals surface area (Å²) < 4.78 is 6.77. The maximum atomic E-state index is 13.9. The number of imide groups is 1. The van der Waals surface area contributed by atoms with E-state index in [2.05, 4.69) is 63.7 Å². The molecule has 0 saturated carbocycles. The molecule has 0 N–H and O–H groups in total. The van der Waals surface area contributed by atoms with Gasteiger partial charge in [0.2, 0.25) is 0 Å². The number of ether oxygens (including phenoxy) is 1. The fraction of sp³-hybridized carbons (Fsp3) is 0.120. The van der Waals surface area contributed by atoms with E-state index in [0.29, 0.717) is 28.6 Å². The third kappa shape index (κ3) is 4.80. The maximum Gasteiger partial charge on any atom is 0.282 e. The molecule has 0 spiro atoms. The molecule has 3 aromatic rings. The smallest absolute Gasteiger partial charge is 0.282 e. The Kier molecular flexibility index (Phi) is 8.30. The first-order chi connectivity index (χ1) is 17.5. The summed E-state index contributed by atoms with van der Waals surface area (Å²) in [7, 11) is 1.50. The van der Waals surface area contributed by atoms with Gasteiger partial charge in [-0.1, -0.05) is 23.7 Å². The molecule has 3 amide bonds. The van der Waals surface area contributed by atoms with E-state index < -0.39 is 29.5 Å². The molecule has 0 saturated heterocycles. The number of hydrazine groups is 1. The molecule has 0 aliphatic carbocycles. The van der Waals surface area contributed by atoms with Crippen LogP contribution in [0.25, 0.3) is 0 Å². The van der Waals surface area contributed by atoms with E-state index in [1.54, 1.807) is 36.4 Å². The topological polar surface area (TPSA) is 84.0 Å². The van der Waals surface area contributed by atoms with Crippen LogP contribution in [0, 0.1) is 0 Å². The van der Waals surface area contributed by atoms with Crippen LogP contribution in [0.5, 0.6) is 5.75 Å². The first kappa shape index (κ1) is 28.0. The Labute approximate surface area is 250 Å². The summed E-state index contributed by atoms with van der Waals surface area (Å²) in [4.78, 5) is 54.8. The molecule has 7 nitrogen and oxygen atoms in total. The highest BCUT2D eigenvalue weighted by Crippen LogP contribution is 2.46. The fourth-order valence-electron chi connectivity index (χ4n) is 3.84. The molecule has 12 heteroatoms. The summed E-state index contributed by atoms with van der Waals surface area (Å²) in [6.45, 7) is 1.45. The number of carbonyl (C=O) groups excluding carboxylic acids is 4. The second kappa shape index (κ2) is 11.0. The minimum atomic E-state index is -1.26. The SMILES string of the molecule is COc1ccc(C(=O)[C@H](C)N(C(=O)c2ccccc2Cl)N2C(=O)c3c(Br)c(Br)c(Br)c(Br)c3C2=O)cc1. The van der Waals surface area contributed by atoms with E-state index in [9.17, 15) is 19.2 Å². The standard InChI is InChI=1S/C25H15Br4ClN2O5/c1-11(22(33)12-7-9-13(37-2)10-8-12)31(23(34)14-5-3-4-6-15(14)30)32-24(35)16-17(25(32)36)19(27)21(29)20(28)18(16)26/h3-11H,1-2H3/t11-/m0/s1. The van der Waals surface area contributed by atoms with Gasteiger partial charge in [0.1, 0.15) is 11.8 Å². The molecule has 37 heavy (non-hydrogen) atoms. The van der Waals surface area contributed by atoms with Crippen molar-refractivity contribution in [1.29, 1.82) is 0 Å². The number of nitrogens with zero attached hydrogens (tertiary/aromatic N) is 2. The monoisotopic (exact) mass is 774 g/mol. The lowest BCUT2D eigenvalue weighted by Crippen LogP contribution is -2.56. The fourth-order valence-corrected chi connectivity index (χ4v) is 6.51. The van der Waals surface area contributed by atoms with Crippen molar-refractivity contribution in [2.24, 2.45) is 0 Å². The Balaban J connectivity index is 1.87. The van der Waals surface area contributed by atoms with E-state index in [-0.39, 0.29) is 27.3 Å². The van der Waals surface area contributed by atoms with Crippen molar-refractivity contribution in [1.82, 2.24) is 10.0 Å². The molecule has 190 valence electrons. The van der Waals surface area contributed by atoms with Crippen LogP contribution >= 0.6 is 75.3 Å². The molecule has 3 aromatic carbocycles. The van der Waals surface area contributed by atoms with Crippen molar-refractivity contribution >= 4 is 98.8 Å². The lowest BCUT2D eigenvalue weighted by atomic mass is 10.0. The number of hydrogen-bond donors (Lipinski definition) is 0. The zero-order valence-corrected chi connectivity index (χ0v) is 26.1. The molecule has 4 rings (SSSR count). The van der Waals surface area contributed by atoms with Gasteiger partial charge in [0.25, 0.3) is 17.7 Å². The number of fused-ring (bicyclic) bond motifs is 1. The minimum absolute atomic E-state index is 0.0237. The normalized spacial score (nSPS) is 13.4. The predicted octanol–water partition coefficient (Wildman–Crippen LogP) is 7.32. The van der Waals surface area contributed by atoms with Crippen LogP contribution in [-0.2, 0) is 0 Å². The second-order valence-corrected chi connectivity index (χ2v) is 11.4. The number of amides is 3. The largest absolute Gasteiger partial charge is 0.497 e. The highest BCUT2D eigenvalue weighted by atomic mass is 79.9. The molecule has 1 heterocycles. The maximum absolute atomic E-state index is 13.9. The number of carbonyl (C=O) groups is 4. The second-order valence-electron chi connectivity index (χ2n) is 7.83. The van der Waals surface area contributed by atoms with Crippen LogP contribution in [0.3, 0.4) is 0 Å². The van der Waals surface area contributed by atoms with Crippen molar-refractivity contribution in [3.63, 3.8) is 0 Å². The number of ketones is 1. The van der Waals surface area contributed by atoms with Crippen molar-refractivity contribution < 1.29 is 23.9 Å². The van der Waals surface area contributed by atoms with Crippen LogP contribution in [0.2, 0.25) is 5.02 Å². The average Bonchev–Trinajstić information content (AvgIpc) is 3.16. The Morgan fingerprint density at radius 3 is 1.86 bits per heavy atom. The number of halogens is 5. The zero-order valence-electron chi connectivity index (χ0n) is 19.0. The molecule has 1 atom stereocenters. The van der Waals surface area contributed by atoms with Crippen LogP contribution in [0.15, 0.2) is 66.4 Å². The minimum Gasteiger partial charge on any atom is -0.497 e. The summed E-state index contributed by atoms with van der Waals surface area (Å²) in [6.07, 6.45) is 0. The van der Waals surface area contributed by atoms with Crippen molar-refractivity contribution in [3.8, 4) is 5.75 Å². The summed E-state index contributed by atoms with van der Waals surface area (Å²) in [5, 5.41) is 1.65. The first-order valence-electron chi connectivity index (χ1n) is 10.5. The predicted molar refractivity (Wildman–Crippen MR) is 152 cm³/mol. The lowest BCUT2D eigenvalue weighted by molar-refractivity contribution is -0.00684. The van der Waals surface area contributed by atoms with Crippen LogP contribution in [0.1, 0.15) is 48.4 Å². The molecule has 1 aliphatic heterocycles. The third-order valence-corrected chi connectivity index (χ3v) is 10.8. The molecule has 0 bridgehead atoms. The van der Waals surface area contributed by atoms with Crippen molar-refractivity contribution in [2.45, 2.75) is 13.0 Å². The summed E-state index contributed by atoms with van der Waals surface area (Å²) >= 11 is 19.8. The van der Waals surface area contributed by atoms with E-state index in [0.717, 1.165) is 5.01 Å². The van der Waals surface area contributed by atoms with E-state index in [1.165, 1.54) is 26.2 Å². The molecule has 0 fully saturated rings. The molecule has 0 radical (unpaired) electrons. The van der Waals surface area contributed by atoms with Gasteiger partial charge in [-0.2, -0.15) is 5.01 Å². The number of rotatable bonds is 6. The Hall–Kier alpha value is -2.05. The number of Topliss-reactive ketones (excluding diaryl/α,β-unsaturated/α-hetero) is 1. The van der Waals surface area contributed by atoms with Gasteiger partial charge < -0.3 is 4.74 Å². The van der Waals surface area contributed by atoms with E-state index in [4.69, 9.17) is 16.3 Å². The highest BCUT2D eigenvalue weighted by Gasteiger charge is 2.48. The average molecular weight is 778 g/mol. The summed E-state index contributed by atoms with van der Waals surface area (Å²) in [6, 6.07) is 11.2. The van der Waals surface area contributed by atoms with E-state index >= 15 is 0 Å². The lowest BCUT2D eigenvalue weighted by Gasteiger charge is -2.34. The highest BCUT2D eigenvalue weighted by molar-refractivity contribution is 9.15. The van der Waals surface area contributed by atoms with Crippen molar-refractivity contribution in [2.75, 3.05) is 7.11 Å². The van der Waals surface area contributed by atoms with Crippen LogP contribution < -0.4 is 4.74 Å². The van der Waals surface area contributed by atoms with E-state index in [1.807, 2.05) is 0 Å². The zero-order chi connectivity index (χ0) is 27.2. The Morgan fingerprint density at radius 1 is 0.865 bits per heavy atom. The number of methoxy groups -OCH3 is 1. The molecule has 0 aromatic heterocycles. The van der Waals surface area contributed by atoms with Gasteiger partial charge in [0.05, 0.1) is 28.8 Å².